The number of hydrogen-bond acceptors (Lipinski definition) is 7. The Morgan fingerprint density at radius 3 is 2.13 bits per heavy atom. The summed E-state index contributed by atoms with van der Waals surface area (Å²) >= 11 is 0. The summed E-state index contributed by atoms with van der Waals surface area (Å²) in [6.45, 7) is 2.55. The predicted molar refractivity (Wildman–Crippen MR) is 49.9 cm³/mol. The molecule has 0 bridgehead atoms. The number of ether oxygens (including phenoxy) is 1. The Kier molecular flexibility index (Phi) is 6.00. The molecule has 0 fully saturated rings. The first kappa shape index (κ1) is 14.5. The molecule has 0 radical (unpaired) electrons. The lowest BCUT2D eigenvalue weighted by Crippen LogP contribution is -2.29. The Balaban J connectivity index is 4.28. The summed E-state index contributed by atoms with van der Waals surface area (Å²) < 4.78 is 29.4. The lowest BCUT2D eigenvalue weighted by molar-refractivity contribution is -0.167. The summed E-state index contributed by atoms with van der Waals surface area (Å²) in [4.78, 5) is 10.5. The second-order valence-electron chi connectivity index (χ2n) is 2.62. The Hall–Kier alpha value is -0.460. The fourth-order valence-electron chi connectivity index (χ4n) is 0.699. The minimum Gasteiger partial charge on any atom is -0.457 e. The van der Waals surface area contributed by atoms with Gasteiger partial charge in [0.2, 0.25) is 6.29 Å². The van der Waals surface area contributed by atoms with Gasteiger partial charge in [0, 0.05) is 21.1 Å². The second-order valence-corrected chi connectivity index (χ2v) is 4.46. The molecule has 0 saturated carbocycles. The van der Waals surface area contributed by atoms with E-state index in [4.69, 9.17) is 0 Å². The highest BCUT2D eigenvalue weighted by atomic mass is 31.2. The van der Waals surface area contributed by atoms with E-state index >= 15 is 0 Å². The number of rotatable bonds is 6. The predicted octanol–water partition coefficient (Wildman–Crippen LogP) is 0.674. The number of aliphatic hydroxyl groups excluding tert-OH is 1. The Morgan fingerprint density at radius 2 is 1.80 bits per heavy atom. The molecule has 0 amide bonds. The van der Waals surface area contributed by atoms with Gasteiger partial charge in [0.1, 0.15) is 0 Å². The summed E-state index contributed by atoms with van der Waals surface area (Å²) in [7, 11) is -1.57. The van der Waals surface area contributed by atoms with Crippen LogP contribution in [0.4, 0.5) is 0 Å². The number of carbonyl (C=O) groups excluding carboxylic acids is 1. The summed E-state index contributed by atoms with van der Waals surface area (Å²) in [5.41, 5.74) is 0. The average Bonchev–Trinajstić information content (AvgIpc) is 2.16. The maximum absolute atomic E-state index is 11.4. The normalized spacial score (nSPS) is 15.8. The summed E-state index contributed by atoms with van der Waals surface area (Å²) in [5, 5.41) is 9.33. The van der Waals surface area contributed by atoms with Crippen molar-refractivity contribution in [1.29, 1.82) is 0 Å². The zero-order valence-electron chi connectivity index (χ0n) is 9.00. The number of esters is 1. The molecule has 0 heterocycles. The Bertz CT molecular complexity index is 246. The van der Waals surface area contributed by atoms with E-state index in [1.165, 1.54) is 13.8 Å². The topological polar surface area (TPSA) is 91.3 Å². The van der Waals surface area contributed by atoms with Crippen molar-refractivity contribution in [3.63, 3.8) is 0 Å². The van der Waals surface area contributed by atoms with Gasteiger partial charge in [0.25, 0.3) is 0 Å². The molecule has 0 aromatic heterocycles. The monoisotopic (exact) mass is 242 g/mol. The van der Waals surface area contributed by atoms with Gasteiger partial charge in [-0.1, -0.05) is 0 Å². The third-order valence-electron chi connectivity index (χ3n) is 1.44. The fraction of sp³-hybridized carbons (Fsp3) is 0.857. The largest absolute Gasteiger partial charge is 0.476 e. The molecule has 0 aromatic carbocycles. The van der Waals surface area contributed by atoms with Gasteiger partial charge >= 0.3 is 13.8 Å². The van der Waals surface area contributed by atoms with Crippen LogP contribution in [0, 0.1) is 0 Å². The van der Waals surface area contributed by atoms with Gasteiger partial charge in [-0.15, -0.1) is 0 Å². The number of phosphoric acid groups is 1. The molecule has 0 rings (SSSR count). The van der Waals surface area contributed by atoms with Gasteiger partial charge in [-0.2, -0.15) is 0 Å². The van der Waals surface area contributed by atoms with Crippen molar-refractivity contribution in [1.82, 2.24) is 0 Å². The van der Waals surface area contributed by atoms with Gasteiger partial charge in [-0.25, -0.2) is 4.57 Å². The lowest BCUT2D eigenvalue weighted by Gasteiger charge is -2.21. The van der Waals surface area contributed by atoms with E-state index in [-0.39, 0.29) is 0 Å². The SMILES string of the molecule is COP(=O)(OC)OC(O)C(C)OC(C)=O. The molecule has 0 spiro atoms. The molecule has 0 saturated heterocycles. The van der Waals surface area contributed by atoms with E-state index in [1.54, 1.807) is 0 Å². The maximum Gasteiger partial charge on any atom is 0.476 e. The number of aliphatic hydroxyl groups is 1. The molecule has 2 unspecified atom stereocenters. The number of hydrogen-bond donors (Lipinski definition) is 1. The first-order valence-electron chi connectivity index (χ1n) is 4.10. The smallest absolute Gasteiger partial charge is 0.457 e. The molecule has 1 N–H and O–H groups in total. The Labute approximate surface area is 87.9 Å². The van der Waals surface area contributed by atoms with Gasteiger partial charge < -0.3 is 9.84 Å². The highest BCUT2D eigenvalue weighted by molar-refractivity contribution is 7.48. The van der Waals surface area contributed by atoms with Crippen molar-refractivity contribution in [2.75, 3.05) is 14.2 Å². The van der Waals surface area contributed by atoms with Crippen LogP contribution in [0.25, 0.3) is 0 Å². The Morgan fingerprint density at radius 1 is 1.33 bits per heavy atom. The van der Waals surface area contributed by atoms with Crippen molar-refractivity contribution in [3.05, 3.63) is 0 Å². The van der Waals surface area contributed by atoms with Crippen LogP contribution in [-0.2, 0) is 27.7 Å². The molecule has 0 aromatic rings. The first-order valence-corrected chi connectivity index (χ1v) is 5.56. The standard InChI is InChI=1S/C7H15O7P/c1-5(13-6(2)8)7(9)14-15(10,11-3)12-4/h5,7,9H,1-4H3. The number of carbonyl (C=O) groups is 1. The van der Waals surface area contributed by atoms with Crippen LogP contribution in [0.2, 0.25) is 0 Å². The molecule has 15 heavy (non-hydrogen) atoms. The maximum atomic E-state index is 11.4. The zero-order valence-corrected chi connectivity index (χ0v) is 9.89. The number of phosphoric ester groups is 1. The quantitative estimate of drug-likeness (QED) is 0.416. The molecule has 7 nitrogen and oxygen atoms in total. The van der Waals surface area contributed by atoms with Crippen molar-refractivity contribution in [2.45, 2.75) is 26.2 Å². The van der Waals surface area contributed by atoms with Crippen molar-refractivity contribution < 1.29 is 32.8 Å². The summed E-state index contributed by atoms with van der Waals surface area (Å²) in [6, 6.07) is 0. The minimum atomic E-state index is -3.78. The molecule has 0 aliphatic heterocycles. The van der Waals surface area contributed by atoms with Crippen molar-refractivity contribution >= 4 is 13.8 Å². The highest BCUT2D eigenvalue weighted by Crippen LogP contribution is 2.48. The molecule has 2 atom stereocenters. The van der Waals surface area contributed by atoms with Crippen LogP contribution < -0.4 is 0 Å². The third-order valence-corrected chi connectivity index (χ3v) is 2.81. The average molecular weight is 242 g/mol. The lowest BCUT2D eigenvalue weighted by atomic mass is 10.4. The van der Waals surface area contributed by atoms with E-state index in [2.05, 4.69) is 18.3 Å². The summed E-state index contributed by atoms with van der Waals surface area (Å²) in [6.07, 6.45) is -2.55. The van der Waals surface area contributed by atoms with E-state index in [1.807, 2.05) is 0 Å². The highest BCUT2D eigenvalue weighted by Gasteiger charge is 2.31. The second kappa shape index (κ2) is 6.19. The molecule has 8 heteroatoms. The van der Waals surface area contributed by atoms with Crippen LogP contribution in [-0.4, -0.2) is 37.7 Å². The van der Waals surface area contributed by atoms with Crippen LogP contribution >= 0.6 is 7.82 Å². The molecule has 0 aliphatic carbocycles. The molecule has 0 aliphatic rings. The van der Waals surface area contributed by atoms with Crippen LogP contribution in [0.1, 0.15) is 13.8 Å². The minimum absolute atomic E-state index is 0.588. The van der Waals surface area contributed by atoms with Gasteiger partial charge in [-0.3, -0.25) is 18.4 Å². The fourth-order valence-corrected chi connectivity index (χ4v) is 1.46. The first-order chi connectivity index (χ1) is 6.84. The van der Waals surface area contributed by atoms with Gasteiger partial charge in [-0.05, 0) is 6.92 Å². The van der Waals surface area contributed by atoms with Crippen LogP contribution in [0.3, 0.4) is 0 Å². The molecule has 90 valence electrons. The van der Waals surface area contributed by atoms with Gasteiger partial charge in [0.15, 0.2) is 6.10 Å². The summed E-state index contributed by atoms with van der Waals surface area (Å²) in [5.74, 6) is -0.588. The zero-order chi connectivity index (χ0) is 12.1. The molecular weight excluding hydrogens is 227 g/mol. The van der Waals surface area contributed by atoms with Gasteiger partial charge in [0.05, 0.1) is 0 Å². The van der Waals surface area contributed by atoms with Crippen molar-refractivity contribution in [2.24, 2.45) is 0 Å². The van der Waals surface area contributed by atoms with E-state index in [0.29, 0.717) is 0 Å². The van der Waals surface area contributed by atoms with Crippen molar-refractivity contribution in [3.8, 4) is 0 Å². The van der Waals surface area contributed by atoms with Crippen LogP contribution in [0.15, 0.2) is 0 Å². The van der Waals surface area contributed by atoms with E-state index in [0.717, 1.165) is 14.2 Å². The third kappa shape index (κ3) is 5.25. The van der Waals surface area contributed by atoms with E-state index in [9.17, 15) is 14.5 Å². The molecular formula is C7H15O7P. The van der Waals surface area contributed by atoms with Crippen LogP contribution in [0.5, 0.6) is 0 Å². The van der Waals surface area contributed by atoms with E-state index < -0.39 is 26.2 Å².